The SMILES string of the molecule is Cc1cc(NC(=O)c2cnoc2C)ccc1Cl. The van der Waals surface area contributed by atoms with Crippen LogP contribution in [0, 0.1) is 13.8 Å². The third-order valence-corrected chi connectivity index (χ3v) is 2.84. The van der Waals surface area contributed by atoms with Crippen molar-refractivity contribution in [3.63, 3.8) is 0 Å². The van der Waals surface area contributed by atoms with Crippen LogP contribution in [0.4, 0.5) is 5.69 Å². The summed E-state index contributed by atoms with van der Waals surface area (Å²) in [5.41, 5.74) is 2.03. The molecule has 1 aromatic carbocycles. The number of aromatic nitrogens is 1. The highest BCUT2D eigenvalue weighted by atomic mass is 35.5. The molecular weight excluding hydrogens is 240 g/mol. The van der Waals surface area contributed by atoms with Gasteiger partial charge >= 0.3 is 0 Å². The molecule has 17 heavy (non-hydrogen) atoms. The fourth-order valence-electron chi connectivity index (χ4n) is 1.44. The first-order chi connectivity index (χ1) is 8.08. The van der Waals surface area contributed by atoms with Gasteiger partial charge in [0.05, 0.1) is 6.20 Å². The monoisotopic (exact) mass is 250 g/mol. The molecule has 0 bridgehead atoms. The number of carbonyl (C=O) groups is 1. The molecule has 0 aliphatic rings. The predicted molar refractivity (Wildman–Crippen MR) is 65.4 cm³/mol. The number of amides is 1. The van der Waals surface area contributed by atoms with Crippen LogP contribution in [-0.2, 0) is 0 Å². The molecule has 0 fully saturated rings. The lowest BCUT2D eigenvalue weighted by Gasteiger charge is -2.05. The third kappa shape index (κ3) is 2.47. The third-order valence-electron chi connectivity index (χ3n) is 2.41. The second-order valence-corrected chi connectivity index (χ2v) is 4.12. The van der Waals surface area contributed by atoms with Gasteiger partial charge in [-0.15, -0.1) is 0 Å². The molecule has 1 N–H and O–H groups in total. The Kier molecular flexibility index (Phi) is 3.15. The standard InChI is InChI=1S/C12H11ClN2O2/c1-7-5-9(3-4-11(7)13)15-12(16)10-6-14-17-8(10)2/h3-6H,1-2H3,(H,15,16). The summed E-state index contributed by atoms with van der Waals surface area (Å²) in [6, 6.07) is 5.30. The molecule has 88 valence electrons. The number of benzene rings is 1. The molecule has 0 aliphatic heterocycles. The van der Waals surface area contributed by atoms with E-state index < -0.39 is 0 Å². The molecule has 2 aromatic rings. The molecule has 2 rings (SSSR count). The maximum atomic E-state index is 11.8. The normalized spacial score (nSPS) is 10.3. The molecule has 0 radical (unpaired) electrons. The van der Waals surface area contributed by atoms with E-state index in [1.807, 2.05) is 13.0 Å². The summed E-state index contributed by atoms with van der Waals surface area (Å²) in [6.45, 7) is 3.57. The van der Waals surface area contributed by atoms with E-state index in [0.29, 0.717) is 22.0 Å². The summed E-state index contributed by atoms with van der Waals surface area (Å²) in [7, 11) is 0. The maximum Gasteiger partial charge on any atom is 0.260 e. The molecular formula is C12H11ClN2O2. The number of carbonyl (C=O) groups excluding carboxylic acids is 1. The number of nitrogens with zero attached hydrogens (tertiary/aromatic N) is 1. The Bertz CT molecular complexity index is 563. The van der Waals surface area contributed by atoms with Crippen LogP contribution < -0.4 is 5.32 Å². The number of aryl methyl sites for hydroxylation is 2. The van der Waals surface area contributed by atoms with Crippen LogP contribution in [-0.4, -0.2) is 11.1 Å². The number of hydrogen-bond acceptors (Lipinski definition) is 3. The molecule has 0 saturated carbocycles. The Morgan fingerprint density at radius 2 is 2.18 bits per heavy atom. The molecule has 1 amide bonds. The van der Waals surface area contributed by atoms with Gasteiger partial charge in [-0.3, -0.25) is 4.79 Å². The molecule has 0 saturated heterocycles. The van der Waals surface area contributed by atoms with E-state index in [4.69, 9.17) is 16.1 Å². The largest absolute Gasteiger partial charge is 0.361 e. The summed E-state index contributed by atoms with van der Waals surface area (Å²) in [5, 5.41) is 6.99. The van der Waals surface area contributed by atoms with Gasteiger partial charge in [0.2, 0.25) is 0 Å². The molecule has 0 aliphatic carbocycles. The minimum absolute atomic E-state index is 0.245. The Balaban J connectivity index is 2.19. The number of halogens is 1. The number of anilines is 1. The van der Waals surface area contributed by atoms with Gasteiger partial charge in [0.1, 0.15) is 11.3 Å². The van der Waals surface area contributed by atoms with Crippen LogP contribution in [0.5, 0.6) is 0 Å². The fourth-order valence-corrected chi connectivity index (χ4v) is 1.56. The summed E-state index contributed by atoms with van der Waals surface area (Å²) in [5.74, 6) is 0.249. The highest BCUT2D eigenvalue weighted by Gasteiger charge is 2.13. The lowest BCUT2D eigenvalue weighted by molar-refractivity contribution is 0.102. The first-order valence-electron chi connectivity index (χ1n) is 5.06. The minimum Gasteiger partial charge on any atom is -0.361 e. The number of hydrogen-bond donors (Lipinski definition) is 1. The lowest BCUT2D eigenvalue weighted by atomic mass is 10.2. The van der Waals surface area contributed by atoms with Crippen LogP contribution in [0.3, 0.4) is 0 Å². The zero-order valence-electron chi connectivity index (χ0n) is 9.45. The van der Waals surface area contributed by atoms with Gasteiger partial charge in [-0.25, -0.2) is 0 Å². The zero-order chi connectivity index (χ0) is 12.4. The Labute approximate surface area is 104 Å². The molecule has 1 aromatic heterocycles. The summed E-state index contributed by atoms with van der Waals surface area (Å²) >= 11 is 5.90. The minimum atomic E-state index is -0.245. The van der Waals surface area contributed by atoms with Crippen molar-refractivity contribution in [2.45, 2.75) is 13.8 Å². The maximum absolute atomic E-state index is 11.8. The molecule has 0 unspecified atom stereocenters. The summed E-state index contributed by atoms with van der Waals surface area (Å²) in [4.78, 5) is 11.8. The van der Waals surface area contributed by atoms with Crippen LogP contribution in [0.15, 0.2) is 28.9 Å². The molecule has 4 nitrogen and oxygen atoms in total. The Morgan fingerprint density at radius 1 is 1.41 bits per heavy atom. The van der Waals surface area contributed by atoms with E-state index in [9.17, 15) is 4.79 Å². The van der Waals surface area contributed by atoms with E-state index in [1.54, 1.807) is 19.1 Å². The van der Waals surface area contributed by atoms with Crippen LogP contribution >= 0.6 is 11.6 Å². The average molecular weight is 251 g/mol. The van der Waals surface area contributed by atoms with Gasteiger partial charge in [0.25, 0.3) is 5.91 Å². The van der Waals surface area contributed by atoms with E-state index in [1.165, 1.54) is 6.20 Å². The van der Waals surface area contributed by atoms with Crippen molar-refractivity contribution in [1.29, 1.82) is 0 Å². The first kappa shape index (κ1) is 11.7. The van der Waals surface area contributed by atoms with Crippen LogP contribution in [0.25, 0.3) is 0 Å². The van der Waals surface area contributed by atoms with Gasteiger partial charge < -0.3 is 9.84 Å². The number of rotatable bonds is 2. The quantitative estimate of drug-likeness (QED) is 0.891. The van der Waals surface area contributed by atoms with Crippen LogP contribution in [0.2, 0.25) is 5.02 Å². The van der Waals surface area contributed by atoms with Crippen molar-refractivity contribution in [3.05, 3.63) is 46.3 Å². The summed E-state index contributed by atoms with van der Waals surface area (Å²) in [6.07, 6.45) is 1.40. The first-order valence-corrected chi connectivity index (χ1v) is 5.44. The Morgan fingerprint density at radius 3 is 2.76 bits per heavy atom. The van der Waals surface area contributed by atoms with E-state index in [-0.39, 0.29) is 5.91 Å². The zero-order valence-corrected chi connectivity index (χ0v) is 10.2. The Hall–Kier alpha value is -1.81. The fraction of sp³-hybridized carbons (Fsp3) is 0.167. The van der Waals surface area contributed by atoms with Crippen molar-refractivity contribution in [1.82, 2.24) is 5.16 Å². The van der Waals surface area contributed by atoms with E-state index in [2.05, 4.69) is 10.5 Å². The predicted octanol–water partition coefficient (Wildman–Crippen LogP) is 3.20. The van der Waals surface area contributed by atoms with Crippen molar-refractivity contribution < 1.29 is 9.32 Å². The van der Waals surface area contributed by atoms with Gasteiger partial charge in [-0.2, -0.15) is 0 Å². The van der Waals surface area contributed by atoms with Crippen molar-refractivity contribution in [3.8, 4) is 0 Å². The second-order valence-electron chi connectivity index (χ2n) is 3.71. The lowest BCUT2D eigenvalue weighted by Crippen LogP contribution is -2.12. The van der Waals surface area contributed by atoms with Crippen molar-refractivity contribution in [2.24, 2.45) is 0 Å². The van der Waals surface area contributed by atoms with Gasteiger partial charge in [-0.1, -0.05) is 16.8 Å². The molecule has 1 heterocycles. The second kappa shape index (κ2) is 4.59. The molecule has 0 atom stereocenters. The van der Waals surface area contributed by atoms with Gasteiger partial charge in [0, 0.05) is 10.7 Å². The van der Waals surface area contributed by atoms with Crippen LogP contribution in [0.1, 0.15) is 21.7 Å². The van der Waals surface area contributed by atoms with Crippen molar-refractivity contribution >= 4 is 23.2 Å². The summed E-state index contributed by atoms with van der Waals surface area (Å²) < 4.78 is 4.83. The highest BCUT2D eigenvalue weighted by molar-refractivity contribution is 6.31. The van der Waals surface area contributed by atoms with Crippen molar-refractivity contribution in [2.75, 3.05) is 5.32 Å². The van der Waals surface area contributed by atoms with E-state index in [0.717, 1.165) is 5.56 Å². The van der Waals surface area contributed by atoms with Gasteiger partial charge in [0.15, 0.2) is 0 Å². The molecule has 0 spiro atoms. The number of nitrogens with one attached hydrogen (secondary N) is 1. The topological polar surface area (TPSA) is 55.1 Å². The smallest absolute Gasteiger partial charge is 0.260 e. The van der Waals surface area contributed by atoms with E-state index >= 15 is 0 Å². The van der Waals surface area contributed by atoms with Gasteiger partial charge in [-0.05, 0) is 37.6 Å². The highest BCUT2D eigenvalue weighted by Crippen LogP contribution is 2.20. The average Bonchev–Trinajstić information content (AvgIpc) is 2.70. The molecule has 5 heteroatoms.